The van der Waals surface area contributed by atoms with E-state index in [0.717, 1.165) is 12.1 Å². The summed E-state index contributed by atoms with van der Waals surface area (Å²) in [6.45, 7) is 0. The van der Waals surface area contributed by atoms with Crippen molar-refractivity contribution in [3.05, 3.63) is 33.9 Å². The third kappa shape index (κ3) is 4.11. The van der Waals surface area contributed by atoms with E-state index in [0.29, 0.717) is 31.7 Å². The van der Waals surface area contributed by atoms with E-state index in [1.807, 2.05) is 0 Å². The zero-order valence-corrected chi connectivity index (χ0v) is 12.0. The third-order valence-corrected chi connectivity index (χ3v) is 3.96. The second-order valence-electron chi connectivity index (χ2n) is 5.52. The molecular formula is C14H15F3N2O4. The van der Waals surface area contributed by atoms with Crippen LogP contribution in [0.3, 0.4) is 0 Å². The topological polar surface area (TPSA) is 92.5 Å². The largest absolute Gasteiger partial charge is 0.481 e. The highest BCUT2D eigenvalue weighted by atomic mass is 19.4. The summed E-state index contributed by atoms with van der Waals surface area (Å²) >= 11 is 0. The fraction of sp³-hybridized carbons (Fsp3) is 0.500. The van der Waals surface area contributed by atoms with Crippen LogP contribution in [0.15, 0.2) is 18.2 Å². The van der Waals surface area contributed by atoms with E-state index >= 15 is 0 Å². The van der Waals surface area contributed by atoms with Gasteiger partial charge < -0.3 is 10.4 Å². The molecule has 0 heterocycles. The number of aliphatic carboxylic acids is 1. The molecule has 0 atom stereocenters. The summed E-state index contributed by atoms with van der Waals surface area (Å²) in [4.78, 5) is 21.0. The second-order valence-corrected chi connectivity index (χ2v) is 5.52. The summed E-state index contributed by atoms with van der Waals surface area (Å²) in [6, 6.07) is 2.15. The van der Waals surface area contributed by atoms with Gasteiger partial charge in [0.2, 0.25) is 0 Å². The average molecular weight is 332 g/mol. The maximum absolute atomic E-state index is 12.6. The van der Waals surface area contributed by atoms with Crippen LogP contribution in [0, 0.1) is 16.0 Å². The number of rotatable bonds is 4. The molecule has 1 aliphatic carbocycles. The molecule has 0 saturated heterocycles. The molecular weight excluding hydrogens is 317 g/mol. The van der Waals surface area contributed by atoms with Crippen LogP contribution in [0.5, 0.6) is 0 Å². The summed E-state index contributed by atoms with van der Waals surface area (Å²) in [5, 5.41) is 22.8. The number of hydrogen-bond donors (Lipinski definition) is 2. The van der Waals surface area contributed by atoms with Gasteiger partial charge in [-0.15, -0.1) is 0 Å². The van der Waals surface area contributed by atoms with E-state index in [4.69, 9.17) is 5.11 Å². The van der Waals surface area contributed by atoms with E-state index in [1.54, 1.807) is 0 Å². The Morgan fingerprint density at radius 2 is 1.87 bits per heavy atom. The van der Waals surface area contributed by atoms with Gasteiger partial charge in [0.25, 0.3) is 5.69 Å². The smallest absolute Gasteiger partial charge is 0.416 e. The summed E-state index contributed by atoms with van der Waals surface area (Å²) < 4.78 is 37.9. The number of halogens is 3. The number of nitrogens with one attached hydrogen (secondary N) is 1. The van der Waals surface area contributed by atoms with Crippen molar-refractivity contribution in [1.29, 1.82) is 0 Å². The molecule has 0 amide bonds. The van der Waals surface area contributed by atoms with Crippen LogP contribution < -0.4 is 5.32 Å². The van der Waals surface area contributed by atoms with Crippen LogP contribution in [0.4, 0.5) is 24.5 Å². The Hall–Kier alpha value is -2.32. The molecule has 0 bridgehead atoms. The summed E-state index contributed by atoms with van der Waals surface area (Å²) in [5.41, 5.74) is -1.70. The van der Waals surface area contributed by atoms with Gasteiger partial charge in [-0.25, -0.2) is 0 Å². The molecule has 0 radical (unpaired) electrons. The van der Waals surface area contributed by atoms with Crippen LogP contribution in [0.25, 0.3) is 0 Å². The first-order valence-corrected chi connectivity index (χ1v) is 7.03. The van der Waals surface area contributed by atoms with Crippen molar-refractivity contribution in [3.63, 3.8) is 0 Å². The normalized spacial score (nSPS) is 21.7. The van der Waals surface area contributed by atoms with Gasteiger partial charge in [-0.3, -0.25) is 14.9 Å². The maximum atomic E-state index is 12.6. The molecule has 0 aromatic heterocycles. The van der Waals surface area contributed by atoms with Crippen LogP contribution in [0.2, 0.25) is 0 Å². The first kappa shape index (κ1) is 17.0. The van der Waals surface area contributed by atoms with Crippen molar-refractivity contribution >= 4 is 17.3 Å². The molecule has 126 valence electrons. The molecule has 23 heavy (non-hydrogen) atoms. The number of nitro groups is 1. The van der Waals surface area contributed by atoms with Gasteiger partial charge in [-0.1, -0.05) is 0 Å². The minimum atomic E-state index is -4.65. The number of carboxylic acids is 1. The maximum Gasteiger partial charge on any atom is 0.416 e. The fourth-order valence-corrected chi connectivity index (χ4v) is 2.69. The van der Waals surface area contributed by atoms with Crippen molar-refractivity contribution in [1.82, 2.24) is 0 Å². The SMILES string of the molecule is O=C(O)C1CCC(Nc2ccc(C(F)(F)F)cc2[N+](=O)[O-])CC1. The van der Waals surface area contributed by atoms with Crippen molar-refractivity contribution in [3.8, 4) is 0 Å². The van der Waals surface area contributed by atoms with Crippen LogP contribution in [-0.2, 0) is 11.0 Å². The van der Waals surface area contributed by atoms with Gasteiger partial charge in [-0.2, -0.15) is 13.2 Å². The number of hydrogen-bond acceptors (Lipinski definition) is 4. The van der Waals surface area contributed by atoms with Gasteiger partial charge >= 0.3 is 12.1 Å². The van der Waals surface area contributed by atoms with Gasteiger partial charge in [0, 0.05) is 12.1 Å². The standard InChI is InChI=1S/C14H15F3N2O4/c15-14(16,17)9-3-6-11(12(7-9)19(22)23)18-10-4-1-8(2-5-10)13(20)21/h3,6-8,10,18H,1-2,4-5H2,(H,20,21). The summed E-state index contributed by atoms with van der Waals surface area (Å²) in [5.74, 6) is -1.31. The minimum absolute atomic E-state index is 0.0155. The highest BCUT2D eigenvalue weighted by molar-refractivity contribution is 5.70. The Labute approximate surface area is 129 Å². The number of nitrogens with zero attached hydrogens (tertiary/aromatic N) is 1. The Balaban J connectivity index is 2.14. The Morgan fingerprint density at radius 1 is 1.26 bits per heavy atom. The Kier molecular flexibility index (Phi) is 4.76. The lowest BCUT2D eigenvalue weighted by molar-refractivity contribution is -0.384. The third-order valence-electron chi connectivity index (χ3n) is 3.96. The number of benzene rings is 1. The zero-order valence-electron chi connectivity index (χ0n) is 12.0. The van der Waals surface area contributed by atoms with E-state index in [-0.39, 0.29) is 11.7 Å². The number of nitro benzene ring substituents is 1. The summed E-state index contributed by atoms with van der Waals surface area (Å²) in [7, 11) is 0. The van der Waals surface area contributed by atoms with Crippen LogP contribution >= 0.6 is 0 Å². The highest BCUT2D eigenvalue weighted by Gasteiger charge is 2.33. The van der Waals surface area contributed by atoms with Crippen molar-refractivity contribution in [2.75, 3.05) is 5.32 Å². The first-order chi connectivity index (χ1) is 10.7. The van der Waals surface area contributed by atoms with Gasteiger partial charge in [0.15, 0.2) is 0 Å². The van der Waals surface area contributed by atoms with E-state index in [9.17, 15) is 28.1 Å². The molecule has 9 heteroatoms. The first-order valence-electron chi connectivity index (χ1n) is 7.03. The minimum Gasteiger partial charge on any atom is -0.481 e. The zero-order chi connectivity index (χ0) is 17.2. The fourth-order valence-electron chi connectivity index (χ4n) is 2.69. The molecule has 1 aliphatic rings. The lowest BCUT2D eigenvalue weighted by atomic mass is 9.86. The number of alkyl halides is 3. The Bertz CT molecular complexity index is 611. The predicted octanol–water partition coefficient (Wildman–Crippen LogP) is 3.67. The molecule has 0 unspecified atom stereocenters. The molecule has 1 fully saturated rings. The average Bonchev–Trinajstić information content (AvgIpc) is 2.46. The van der Waals surface area contributed by atoms with Crippen LogP contribution in [0.1, 0.15) is 31.2 Å². The lowest BCUT2D eigenvalue weighted by Crippen LogP contribution is -2.29. The van der Waals surface area contributed by atoms with E-state index in [2.05, 4.69) is 5.32 Å². The second kappa shape index (κ2) is 6.43. The Morgan fingerprint density at radius 3 is 2.35 bits per heavy atom. The molecule has 2 rings (SSSR count). The van der Waals surface area contributed by atoms with Crippen molar-refractivity contribution in [2.24, 2.45) is 5.92 Å². The molecule has 1 aromatic rings. The van der Waals surface area contributed by atoms with Crippen molar-refractivity contribution < 1.29 is 28.0 Å². The lowest BCUT2D eigenvalue weighted by Gasteiger charge is -2.27. The predicted molar refractivity (Wildman–Crippen MR) is 75.1 cm³/mol. The van der Waals surface area contributed by atoms with Crippen molar-refractivity contribution in [2.45, 2.75) is 37.9 Å². The number of carbonyl (C=O) groups is 1. The molecule has 6 nitrogen and oxygen atoms in total. The van der Waals surface area contributed by atoms with Gasteiger partial charge in [0.05, 0.1) is 16.4 Å². The number of carboxylic acid groups (broad SMARTS) is 1. The van der Waals surface area contributed by atoms with E-state index in [1.165, 1.54) is 0 Å². The van der Waals surface area contributed by atoms with Gasteiger partial charge in [-0.05, 0) is 37.8 Å². The highest BCUT2D eigenvalue weighted by Crippen LogP contribution is 2.36. The number of anilines is 1. The van der Waals surface area contributed by atoms with Gasteiger partial charge in [0.1, 0.15) is 5.69 Å². The molecule has 0 spiro atoms. The summed E-state index contributed by atoms with van der Waals surface area (Å²) in [6.07, 6.45) is -2.80. The molecule has 0 aliphatic heterocycles. The molecule has 1 saturated carbocycles. The van der Waals surface area contributed by atoms with E-state index < -0.39 is 34.2 Å². The molecule has 2 N–H and O–H groups in total. The monoisotopic (exact) mass is 332 g/mol. The van der Waals surface area contributed by atoms with Crippen LogP contribution in [-0.4, -0.2) is 22.0 Å². The quantitative estimate of drug-likeness (QED) is 0.648. The molecule has 1 aromatic carbocycles.